The molecule has 1 aliphatic rings. The molecule has 0 amide bonds. The molecule has 0 aromatic heterocycles. The van der Waals surface area contributed by atoms with Crippen molar-refractivity contribution in [2.45, 2.75) is 25.9 Å². The van der Waals surface area contributed by atoms with Crippen molar-refractivity contribution in [1.82, 2.24) is 0 Å². The van der Waals surface area contributed by atoms with E-state index >= 15 is 0 Å². The molecule has 0 spiro atoms. The molecule has 0 radical (unpaired) electrons. The van der Waals surface area contributed by atoms with Crippen molar-refractivity contribution in [1.29, 1.82) is 0 Å². The Balaban J connectivity index is 2.02. The number of carboxylic acid groups (broad SMARTS) is 1. The average Bonchev–Trinajstić information content (AvgIpc) is 2.36. The molecular weight excluding hydrogens is 310 g/mol. The van der Waals surface area contributed by atoms with E-state index in [1.165, 1.54) is 5.56 Å². The van der Waals surface area contributed by atoms with Crippen LogP contribution in [0.15, 0.2) is 22.7 Å². The molecule has 1 aromatic rings. The SMILES string of the molecule is Cc1ccc(N2CCOC(CCC(=O)O)C2)c(Br)c1. The van der Waals surface area contributed by atoms with Gasteiger partial charge in [-0.25, -0.2) is 0 Å². The summed E-state index contributed by atoms with van der Waals surface area (Å²) in [6.45, 7) is 4.29. The quantitative estimate of drug-likeness (QED) is 0.923. The van der Waals surface area contributed by atoms with Gasteiger partial charge in [0, 0.05) is 24.0 Å². The Morgan fingerprint density at radius 1 is 1.58 bits per heavy atom. The van der Waals surface area contributed by atoms with Crippen molar-refractivity contribution >= 4 is 27.6 Å². The summed E-state index contributed by atoms with van der Waals surface area (Å²) < 4.78 is 6.70. The van der Waals surface area contributed by atoms with Crippen molar-refractivity contribution in [3.8, 4) is 0 Å². The highest BCUT2D eigenvalue weighted by Gasteiger charge is 2.22. The van der Waals surface area contributed by atoms with Gasteiger partial charge < -0.3 is 14.7 Å². The van der Waals surface area contributed by atoms with Crippen molar-refractivity contribution in [3.05, 3.63) is 28.2 Å². The molecule has 1 saturated heterocycles. The minimum absolute atomic E-state index is 0.00180. The zero-order valence-corrected chi connectivity index (χ0v) is 12.5. The fourth-order valence-electron chi connectivity index (χ4n) is 2.27. The number of nitrogens with zero attached hydrogens (tertiary/aromatic N) is 1. The van der Waals surface area contributed by atoms with Gasteiger partial charge in [-0.1, -0.05) is 6.07 Å². The summed E-state index contributed by atoms with van der Waals surface area (Å²) in [5.41, 5.74) is 2.36. The summed E-state index contributed by atoms with van der Waals surface area (Å²) in [4.78, 5) is 12.9. The lowest BCUT2D eigenvalue weighted by Crippen LogP contribution is -2.42. The second-order valence-corrected chi connectivity index (χ2v) is 5.68. The topological polar surface area (TPSA) is 49.8 Å². The second kappa shape index (κ2) is 6.39. The Kier molecular flexibility index (Phi) is 4.82. The highest BCUT2D eigenvalue weighted by Crippen LogP contribution is 2.29. The van der Waals surface area contributed by atoms with Crippen molar-refractivity contribution in [2.75, 3.05) is 24.6 Å². The molecule has 0 saturated carbocycles. The molecule has 19 heavy (non-hydrogen) atoms. The van der Waals surface area contributed by atoms with Crippen LogP contribution in [0.25, 0.3) is 0 Å². The molecule has 1 aliphatic heterocycles. The number of benzene rings is 1. The summed E-state index contributed by atoms with van der Waals surface area (Å²) in [7, 11) is 0. The Bertz CT molecular complexity index is 464. The molecule has 1 fully saturated rings. The van der Waals surface area contributed by atoms with Gasteiger partial charge in [-0.15, -0.1) is 0 Å². The van der Waals surface area contributed by atoms with Gasteiger partial charge in [-0.3, -0.25) is 4.79 Å². The largest absolute Gasteiger partial charge is 0.481 e. The zero-order valence-electron chi connectivity index (χ0n) is 10.9. The number of halogens is 1. The summed E-state index contributed by atoms with van der Waals surface area (Å²) in [5, 5.41) is 8.73. The van der Waals surface area contributed by atoms with Crippen LogP contribution in [0.5, 0.6) is 0 Å². The van der Waals surface area contributed by atoms with E-state index in [-0.39, 0.29) is 12.5 Å². The summed E-state index contributed by atoms with van der Waals surface area (Å²) in [5.74, 6) is -0.766. The number of carbonyl (C=O) groups is 1. The number of morpholine rings is 1. The van der Waals surface area contributed by atoms with Crippen LogP contribution in [-0.2, 0) is 9.53 Å². The minimum Gasteiger partial charge on any atom is -0.481 e. The van der Waals surface area contributed by atoms with Gasteiger partial charge in [0.05, 0.1) is 18.4 Å². The lowest BCUT2D eigenvalue weighted by Gasteiger charge is -2.35. The third-order valence-electron chi connectivity index (χ3n) is 3.26. The van der Waals surface area contributed by atoms with Crippen molar-refractivity contribution < 1.29 is 14.6 Å². The number of ether oxygens (including phenoxy) is 1. The van der Waals surface area contributed by atoms with Crippen LogP contribution in [0.1, 0.15) is 18.4 Å². The van der Waals surface area contributed by atoms with Crippen molar-refractivity contribution in [3.63, 3.8) is 0 Å². The molecule has 1 aromatic carbocycles. The fraction of sp³-hybridized carbons (Fsp3) is 0.500. The first-order chi connectivity index (χ1) is 9.06. The Morgan fingerprint density at radius 3 is 3.05 bits per heavy atom. The lowest BCUT2D eigenvalue weighted by molar-refractivity contribution is -0.137. The van der Waals surface area contributed by atoms with Gasteiger partial charge in [-0.2, -0.15) is 0 Å². The molecule has 1 unspecified atom stereocenters. The van der Waals surface area contributed by atoms with E-state index in [0.29, 0.717) is 13.0 Å². The van der Waals surface area contributed by atoms with Crippen LogP contribution in [0.2, 0.25) is 0 Å². The highest BCUT2D eigenvalue weighted by atomic mass is 79.9. The number of anilines is 1. The lowest BCUT2D eigenvalue weighted by atomic mass is 10.1. The van der Waals surface area contributed by atoms with Gasteiger partial charge in [-0.05, 0) is 47.0 Å². The second-order valence-electron chi connectivity index (χ2n) is 4.83. The average molecular weight is 328 g/mol. The Morgan fingerprint density at radius 2 is 2.37 bits per heavy atom. The highest BCUT2D eigenvalue weighted by molar-refractivity contribution is 9.10. The Hall–Kier alpha value is -1.07. The third-order valence-corrected chi connectivity index (χ3v) is 3.90. The first-order valence-electron chi connectivity index (χ1n) is 6.41. The number of hydrogen-bond donors (Lipinski definition) is 1. The van der Waals surface area contributed by atoms with E-state index in [9.17, 15) is 4.79 Å². The molecule has 1 atom stereocenters. The standard InChI is InChI=1S/C14H18BrNO3/c1-10-2-4-13(12(15)8-10)16-6-7-19-11(9-16)3-5-14(17)18/h2,4,8,11H,3,5-7,9H2,1H3,(H,17,18). The van der Waals surface area contributed by atoms with Gasteiger partial charge >= 0.3 is 5.97 Å². The van der Waals surface area contributed by atoms with E-state index in [2.05, 4.69) is 46.0 Å². The number of aliphatic carboxylic acids is 1. The molecular formula is C14H18BrNO3. The maximum absolute atomic E-state index is 10.6. The smallest absolute Gasteiger partial charge is 0.303 e. The van der Waals surface area contributed by atoms with E-state index in [4.69, 9.17) is 9.84 Å². The maximum atomic E-state index is 10.6. The molecule has 5 heteroatoms. The predicted octanol–water partition coefficient (Wildman–Crippen LogP) is 2.83. The van der Waals surface area contributed by atoms with E-state index in [1.54, 1.807) is 0 Å². The van der Waals surface area contributed by atoms with E-state index in [0.717, 1.165) is 23.2 Å². The summed E-state index contributed by atoms with van der Waals surface area (Å²) in [6.07, 6.45) is 0.723. The summed E-state index contributed by atoms with van der Waals surface area (Å²) in [6, 6.07) is 6.28. The van der Waals surface area contributed by atoms with Crippen LogP contribution >= 0.6 is 15.9 Å². The normalized spacial score (nSPS) is 19.5. The number of rotatable bonds is 4. The first kappa shape index (κ1) is 14.3. The molecule has 1 heterocycles. The molecule has 0 aliphatic carbocycles. The molecule has 0 bridgehead atoms. The monoisotopic (exact) mass is 327 g/mol. The third kappa shape index (κ3) is 3.94. The van der Waals surface area contributed by atoms with E-state index in [1.807, 2.05) is 0 Å². The fourth-order valence-corrected chi connectivity index (χ4v) is 3.01. The van der Waals surface area contributed by atoms with Crippen molar-refractivity contribution in [2.24, 2.45) is 0 Å². The van der Waals surface area contributed by atoms with Gasteiger partial charge in [0.2, 0.25) is 0 Å². The van der Waals surface area contributed by atoms with Gasteiger partial charge in [0.25, 0.3) is 0 Å². The Labute approximate surface area is 121 Å². The van der Waals surface area contributed by atoms with Gasteiger partial charge in [0.15, 0.2) is 0 Å². The van der Waals surface area contributed by atoms with Crippen LogP contribution in [0, 0.1) is 6.92 Å². The van der Waals surface area contributed by atoms with E-state index < -0.39 is 5.97 Å². The zero-order chi connectivity index (χ0) is 13.8. The molecule has 4 nitrogen and oxygen atoms in total. The number of hydrogen-bond acceptors (Lipinski definition) is 3. The van der Waals surface area contributed by atoms with Crippen LogP contribution in [0.4, 0.5) is 5.69 Å². The van der Waals surface area contributed by atoms with Crippen LogP contribution in [-0.4, -0.2) is 36.9 Å². The van der Waals surface area contributed by atoms with Crippen LogP contribution in [0.3, 0.4) is 0 Å². The van der Waals surface area contributed by atoms with Crippen LogP contribution < -0.4 is 4.90 Å². The molecule has 104 valence electrons. The number of aryl methyl sites for hydroxylation is 1. The molecule has 1 N–H and O–H groups in total. The summed E-state index contributed by atoms with van der Waals surface area (Å²) >= 11 is 3.59. The maximum Gasteiger partial charge on any atom is 0.303 e. The minimum atomic E-state index is -0.766. The predicted molar refractivity (Wildman–Crippen MR) is 77.7 cm³/mol. The first-order valence-corrected chi connectivity index (χ1v) is 7.20. The van der Waals surface area contributed by atoms with Gasteiger partial charge in [0.1, 0.15) is 0 Å². The number of carboxylic acids is 1. The molecule has 2 rings (SSSR count).